The first-order valence-electron chi connectivity index (χ1n) is 12.4. The second-order valence-corrected chi connectivity index (χ2v) is 9.73. The van der Waals surface area contributed by atoms with E-state index in [0.717, 1.165) is 53.3 Å². The van der Waals surface area contributed by atoms with Crippen LogP contribution in [0.3, 0.4) is 0 Å². The number of nitrogens with zero attached hydrogens (tertiary/aromatic N) is 4. The predicted molar refractivity (Wildman–Crippen MR) is 145 cm³/mol. The summed E-state index contributed by atoms with van der Waals surface area (Å²) < 4.78 is 2.09. The van der Waals surface area contributed by atoms with Crippen LogP contribution in [-0.4, -0.2) is 27.3 Å². The molecule has 0 aliphatic carbocycles. The van der Waals surface area contributed by atoms with Crippen molar-refractivity contribution in [1.82, 2.24) is 14.8 Å². The number of nitrogens with two attached hydrogens (primary N) is 1. The number of para-hydroxylation sites is 2. The Morgan fingerprint density at radius 2 is 1.78 bits per heavy atom. The summed E-state index contributed by atoms with van der Waals surface area (Å²) in [7, 11) is 0. The minimum Gasteiger partial charge on any atom is -0.366 e. The maximum Gasteiger partial charge on any atom is 0.317 e. The van der Waals surface area contributed by atoms with Gasteiger partial charge in [-0.3, -0.25) is 5.32 Å². The lowest BCUT2D eigenvalue weighted by atomic mass is 9.97. The third kappa shape index (κ3) is 4.33. The number of aryl methyl sites for hydroxylation is 2. The van der Waals surface area contributed by atoms with Gasteiger partial charge in [0.15, 0.2) is 0 Å². The average Bonchev–Trinajstić information content (AvgIpc) is 3.22. The summed E-state index contributed by atoms with van der Waals surface area (Å²) in [5.41, 5.74) is 15.6. The zero-order chi connectivity index (χ0) is 25.4. The van der Waals surface area contributed by atoms with E-state index in [1.165, 1.54) is 16.8 Å². The van der Waals surface area contributed by atoms with Crippen molar-refractivity contribution in [3.05, 3.63) is 88.7 Å². The molecule has 0 fully saturated rings. The van der Waals surface area contributed by atoms with Gasteiger partial charge in [0, 0.05) is 42.5 Å². The van der Waals surface area contributed by atoms with Crippen molar-refractivity contribution in [1.29, 1.82) is 0 Å². The third-order valence-electron chi connectivity index (χ3n) is 6.87. The topological polar surface area (TPSA) is 89.1 Å². The van der Waals surface area contributed by atoms with Gasteiger partial charge < -0.3 is 10.6 Å². The average molecular weight is 481 g/mol. The molecular formula is C29H32N6O. The molecule has 7 nitrogen and oxygen atoms in total. The van der Waals surface area contributed by atoms with Crippen LogP contribution in [0.1, 0.15) is 47.7 Å². The fraction of sp³-hybridized carbons (Fsp3) is 0.276. The van der Waals surface area contributed by atoms with Crippen molar-refractivity contribution in [3.8, 4) is 16.9 Å². The van der Waals surface area contributed by atoms with Gasteiger partial charge in [0.2, 0.25) is 0 Å². The first-order valence-corrected chi connectivity index (χ1v) is 12.4. The summed E-state index contributed by atoms with van der Waals surface area (Å²) in [5, 5.41) is 7.69. The highest BCUT2D eigenvalue weighted by atomic mass is 16.2. The van der Waals surface area contributed by atoms with Crippen LogP contribution in [0.15, 0.2) is 60.8 Å². The van der Waals surface area contributed by atoms with Gasteiger partial charge in [-0.25, -0.2) is 14.5 Å². The van der Waals surface area contributed by atoms with Crippen molar-refractivity contribution < 1.29 is 4.79 Å². The van der Waals surface area contributed by atoms with Gasteiger partial charge in [-0.2, -0.15) is 5.10 Å². The van der Waals surface area contributed by atoms with Gasteiger partial charge in [-0.1, -0.05) is 50.2 Å². The minimum atomic E-state index is -0.632. The number of urea groups is 1. The Kier molecular flexibility index (Phi) is 6.22. The number of hydrogen-bond donors (Lipinski definition) is 2. The molecule has 2 aromatic carbocycles. The number of anilines is 2. The van der Waals surface area contributed by atoms with Gasteiger partial charge >= 0.3 is 6.03 Å². The Labute approximate surface area is 212 Å². The number of carbonyl (C=O) groups is 1. The highest BCUT2D eigenvalue weighted by Crippen LogP contribution is 2.37. The molecule has 0 atom stereocenters. The number of aromatic nitrogens is 3. The van der Waals surface area contributed by atoms with E-state index in [-0.39, 0.29) is 0 Å². The molecule has 4 aromatic rings. The quantitative estimate of drug-likeness (QED) is 0.382. The number of rotatable bonds is 5. The number of primary amides is 1. The lowest BCUT2D eigenvalue weighted by Gasteiger charge is -2.31. The zero-order valence-electron chi connectivity index (χ0n) is 21.2. The molecule has 3 N–H and O–H groups in total. The molecule has 0 saturated carbocycles. The predicted octanol–water partition coefficient (Wildman–Crippen LogP) is 5.73. The molecule has 2 aromatic heterocycles. The van der Waals surface area contributed by atoms with Gasteiger partial charge in [-0.05, 0) is 54.7 Å². The normalized spacial score (nSPS) is 13.1. The monoisotopic (exact) mass is 480 g/mol. The van der Waals surface area contributed by atoms with E-state index in [2.05, 4.69) is 90.0 Å². The Morgan fingerprint density at radius 3 is 2.44 bits per heavy atom. The lowest BCUT2D eigenvalue weighted by molar-refractivity contribution is 0.259. The lowest BCUT2D eigenvalue weighted by Crippen LogP contribution is -2.31. The van der Waals surface area contributed by atoms with E-state index in [1.54, 1.807) is 12.3 Å². The van der Waals surface area contributed by atoms with Gasteiger partial charge in [0.25, 0.3) is 0 Å². The molecule has 1 aliphatic heterocycles. The molecule has 2 amide bonds. The summed E-state index contributed by atoms with van der Waals surface area (Å²) in [4.78, 5) is 18.2. The first kappa shape index (κ1) is 23.6. The molecule has 36 heavy (non-hydrogen) atoms. The van der Waals surface area contributed by atoms with Crippen LogP contribution in [0.2, 0.25) is 0 Å². The molecule has 7 heteroatoms. The summed E-state index contributed by atoms with van der Waals surface area (Å²) in [6.45, 7) is 10.4. The molecule has 1 aliphatic rings. The van der Waals surface area contributed by atoms with Gasteiger partial charge in [-0.15, -0.1) is 0 Å². The SMILES string of the molecule is Cc1cccc(C)c1-n1nc2c(c1-c1ccc(NC(N)=O)nc1)CN(c1ccccc1C(C)C)CC2. The summed E-state index contributed by atoms with van der Waals surface area (Å²) >= 11 is 0. The van der Waals surface area contributed by atoms with Crippen LogP contribution in [0.25, 0.3) is 16.9 Å². The van der Waals surface area contributed by atoms with Crippen LogP contribution in [0.5, 0.6) is 0 Å². The van der Waals surface area contributed by atoms with E-state index in [4.69, 9.17) is 10.8 Å². The zero-order valence-corrected chi connectivity index (χ0v) is 21.2. The standard InChI is InChI=1S/C29H32N6O/c1-18(2)22-10-5-6-11-25(22)34-15-14-24-23(17-34)28(21-12-13-26(31-16-21)32-29(30)36)35(33-24)27-19(3)8-7-9-20(27)4/h5-13,16,18H,14-15,17H2,1-4H3,(H3,30,31,32,36). The molecule has 0 radical (unpaired) electrons. The van der Waals surface area contributed by atoms with E-state index in [9.17, 15) is 4.79 Å². The molecule has 184 valence electrons. The van der Waals surface area contributed by atoms with Crippen molar-refractivity contribution in [2.24, 2.45) is 5.73 Å². The molecule has 0 spiro atoms. The fourth-order valence-corrected chi connectivity index (χ4v) is 5.17. The maximum atomic E-state index is 11.3. The number of nitrogens with one attached hydrogen (secondary N) is 1. The number of fused-ring (bicyclic) bond motifs is 1. The Bertz CT molecular complexity index is 1400. The molecule has 5 rings (SSSR count). The molecule has 0 bridgehead atoms. The molecular weight excluding hydrogens is 448 g/mol. The fourth-order valence-electron chi connectivity index (χ4n) is 5.17. The van der Waals surface area contributed by atoms with Crippen LogP contribution in [0, 0.1) is 13.8 Å². The van der Waals surface area contributed by atoms with E-state index < -0.39 is 6.03 Å². The van der Waals surface area contributed by atoms with E-state index in [0.29, 0.717) is 11.7 Å². The van der Waals surface area contributed by atoms with Crippen molar-refractivity contribution >= 4 is 17.5 Å². The van der Waals surface area contributed by atoms with E-state index >= 15 is 0 Å². The van der Waals surface area contributed by atoms with Crippen molar-refractivity contribution in [3.63, 3.8) is 0 Å². The molecule has 0 unspecified atom stereocenters. The van der Waals surface area contributed by atoms with Crippen LogP contribution in [0.4, 0.5) is 16.3 Å². The smallest absolute Gasteiger partial charge is 0.317 e. The van der Waals surface area contributed by atoms with Gasteiger partial charge in [0.05, 0.1) is 17.1 Å². The summed E-state index contributed by atoms with van der Waals surface area (Å²) in [6.07, 6.45) is 2.65. The highest BCUT2D eigenvalue weighted by molar-refractivity contribution is 5.86. The van der Waals surface area contributed by atoms with Gasteiger partial charge in [0.1, 0.15) is 5.82 Å². The second-order valence-electron chi connectivity index (χ2n) is 9.73. The van der Waals surface area contributed by atoms with E-state index in [1.807, 2.05) is 6.07 Å². The van der Waals surface area contributed by atoms with Crippen molar-refractivity contribution in [2.75, 3.05) is 16.8 Å². The first-order chi connectivity index (χ1) is 17.3. The van der Waals surface area contributed by atoms with Crippen LogP contribution < -0.4 is 16.0 Å². The van der Waals surface area contributed by atoms with Crippen molar-refractivity contribution in [2.45, 2.75) is 46.6 Å². The maximum absolute atomic E-state index is 11.3. The Balaban J connectivity index is 1.65. The van der Waals surface area contributed by atoms with Crippen LogP contribution in [-0.2, 0) is 13.0 Å². The highest BCUT2D eigenvalue weighted by Gasteiger charge is 2.28. The number of hydrogen-bond acceptors (Lipinski definition) is 4. The summed E-state index contributed by atoms with van der Waals surface area (Å²) in [6, 6.07) is 18.1. The second kappa shape index (κ2) is 9.49. The third-order valence-corrected chi connectivity index (χ3v) is 6.87. The van der Waals surface area contributed by atoms with Crippen LogP contribution >= 0.6 is 0 Å². The largest absolute Gasteiger partial charge is 0.366 e. The molecule has 3 heterocycles. The summed E-state index contributed by atoms with van der Waals surface area (Å²) in [5.74, 6) is 0.861. The Hall–Kier alpha value is -4.13. The minimum absolute atomic E-state index is 0.422. The molecule has 0 saturated heterocycles. The Morgan fingerprint density at radius 1 is 1.03 bits per heavy atom. The number of benzene rings is 2. The number of pyridine rings is 1. The number of amides is 2. The number of carbonyl (C=O) groups excluding carboxylic acids is 1.